The molecule has 1 aliphatic rings. The number of hydrogen-bond acceptors (Lipinski definition) is 3. The molecular weight excluding hydrogens is 269 g/mol. The van der Waals surface area contributed by atoms with E-state index >= 15 is 0 Å². The number of nitrogens with zero attached hydrogens (tertiary/aromatic N) is 1. The highest BCUT2D eigenvalue weighted by Crippen LogP contribution is 2.28. The molecule has 0 amide bonds. The van der Waals surface area contributed by atoms with E-state index in [1.165, 1.54) is 6.07 Å². The first kappa shape index (κ1) is 15.1. The topological polar surface area (TPSA) is 38.5 Å². The third kappa shape index (κ3) is 4.11. The monoisotopic (exact) mass is 288 g/mol. The first-order valence-electron chi connectivity index (χ1n) is 6.77. The Kier molecular flexibility index (Phi) is 4.88. The molecule has 20 heavy (non-hydrogen) atoms. The van der Waals surface area contributed by atoms with Crippen LogP contribution < -0.4 is 10.5 Å². The van der Waals surface area contributed by atoms with Gasteiger partial charge in [-0.3, -0.25) is 4.90 Å². The summed E-state index contributed by atoms with van der Waals surface area (Å²) in [4.78, 5) is 2.14. The average Bonchev–Trinajstić information content (AvgIpc) is 2.40. The number of rotatable bonds is 4. The Morgan fingerprint density at radius 1 is 1.25 bits per heavy atom. The van der Waals surface area contributed by atoms with Crippen molar-refractivity contribution in [2.75, 3.05) is 13.1 Å². The molecule has 1 unspecified atom stereocenters. The zero-order chi connectivity index (χ0) is 14.6. The van der Waals surface area contributed by atoms with Gasteiger partial charge in [0.05, 0.1) is 0 Å². The zero-order valence-electron chi connectivity index (χ0n) is 11.2. The van der Waals surface area contributed by atoms with Gasteiger partial charge in [0, 0.05) is 24.7 Å². The standard InChI is InChI=1S/C14H19F3N2O/c15-14(16,17)20-13-7-2-1-5-11(13)10-19-8-4-3-6-12(19)9-18/h1-2,5,7,12H,3-4,6,8-10,18H2. The molecule has 1 aliphatic heterocycles. The van der Waals surface area contributed by atoms with E-state index in [1.807, 2.05) is 0 Å². The van der Waals surface area contributed by atoms with Crippen LogP contribution in [0, 0.1) is 0 Å². The van der Waals surface area contributed by atoms with E-state index in [2.05, 4.69) is 9.64 Å². The highest BCUT2D eigenvalue weighted by atomic mass is 19.4. The first-order chi connectivity index (χ1) is 9.49. The summed E-state index contributed by atoms with van der Waals surface area (Å²) in [6, 6.07) is 6.52. The van der Waals surface area contributed by atoms with Crippen LogP contribution in [0.4, 0.5) is 13.2 Å². The van der Waals surface area contributed by atoms with Gasteiger partial charge in [0.15, 0.2) is 0 Å². The van der Waals surface area contributed by atoms with Crippen molar-refractivity contribution < 1.29 is 17.9 Å². The van der Waals surface area contributed by atoms with Crippen LogP contribution in [0.3, 0.4) is 0 Å². The van der Waals surface area contributed by atoms with Crippen LogP contribution in [0.5, 0.6) is 5.75 Å². The van der Waals surface area contributed by atoms with E-state index in [-0.39, 0.29) is 11.8 Å². The minimum Gasteiger partial charge on any atom is -0.405 e. The molecule has 0 bridgehead atoms. The van der Waals surface area contributed by atoms with Gasteiger partial charge < -0.3 is 10.5 Å². The van der Waals surface area contributed by atoms with Gasteiger partial charge in [-0.15, -0.1) is 13.2 Å². The summed E-state index contributed by atoms with van der Waals surface area (Å²) >= 11 is 0. The predicted molar refractivity (Wildman–Crippen MR) is 70.2 cm³/mol. The maximum absolute atomic E-state index is 12.4. The number of alkyl halides is 3. The Balaban J connectivity index is 2.12. The minimum absolute atomic E-state index is 0.124. The molecule has 0 spiro atoms. The molecule has 2 rings (SSSR count). The van der Waals surface area contributed by atoms with E-state index in [9.17, 15) is 13.2 Å². The second-order valence-corrected chi connectivity index (χ2v) is 5.01. The van der Waals surface area contributed by atoms with Crippen LogP contribution >= 0.6 is 0 Å². The molecule has 0 aliphatic carbocycles. The number of piperidine rings is 1. The van der Waals surface area contributed by atoms with Crippen molar-refractivity contribution in [3.8, 4) is 5.75 Å². The van der Waals surface area contributed by atoms with Crippen molar-refractivity contribution in [3.63, 3.8) is 0 Å². The van der Waals surface area contributed by atoms with E-state index in [1.54, 1.807) is 18.2 Å². The van der Waals surface area contributed by atoms with Gasteiger partial charge in [-0.1, -0.05) is 24.6 Å². The van der Waals surface area contributed by atoms with Gasteiger partial charge in [-0.25, -0.2) is 0 Å². The van der Waals surface area contributed by atoms with Gasteiger partial charge in [0.1, 0.15) is 5.75 Å². The largest absolute Gasteiger partial charge is 0.573 e. The van der Waals surface area contributed by atoms with Crippen LogP contribution in [0.2, 0.25) is 0 Å². The van der Waals surface area contributed by atoms with E-state index < -0.39 is 6.36 Å². The molecule has 112 valence electrons. The molecule has 0 radical (unpaired) electrons. The highest BCUT2D eigenvalue weighted by Gasteiger charge is 2.32. The highest BCUT2D eigenvalue weighted by molar-refractivity contribution is 5.33. The molecular formula is C14H19F3N2O. The molecule has 0 saturated carbocycles. The number of halogens is 3. The Hall–Kier alpha value is -1.27. The average molecular weight is 288 g/mol. The van der Waals surface area contributed by atoms with E-state index in [0.29, 0.717) is 18.7 Å². The predicted octanol–water partition coefficient (Wildman–Crippen LogP) is 2.90. The number of para-hydroxylation sites is 1. The Morgan fingerprint density at radius 3 is 2.70 bits per heavy atom. The summed E-state index contributed by atoms with van der Waals surface area (Å²) in [5.74, 6) is -0.124. The maximum Gasteiger partial charge on any atom is 0.573 e. The van der Waals surface area contributed by atoms with Gasteiger partial charge in [-0.2, -0.15) is 0 Å². The van der Waals surface area contributed by atoms with Crippen molar-refractivity contribution >= 4 is 0 Å². The molecule has 1 fully saturated rings. The van der Waals surface area contributed by atoms with Gasteiger partial charge in [0.25, 0.3) is 0 Å². The van der Waals surface area contributed by atoms with Crippen LogP contribution in [0.25, 0.3) is 0 Å². The van der Waals surface area contributed by atoms with Gasteiger partial charge in [-0.05, 0) is 25.5 Å². The number of hydrogen-bond donors (Lipinski definition) is 1. The van der Waals surface area contributed by atoms with Crippen molar-refractivity contribution in [1.29, 1.82) is 0 Å². The van der Waals surface area contributed by atoms with Crippen LogP contribution in [0.15, 0.2) is 24.3 Å². The van der Waals surface area contributed by atoms with Gasteiger partial charge in [0.2, 0.25) is 0 Å². The summed E-state index contributed by atoms with van der Waals surface area (Å²) in [5, 5.41) is 0. The number of likely N-dealkylation sites (tertiary alicyclic amines) is 1. The second kappa shape index (κ2) is 6.45. The molecule has 3 nitrogen and oxygen atoms in total. The lowest BCUT2D eigenvalue weighted by molar-refractivity contribution is -0.275. The SMILES string of the molecule is NCC1CCCCN1Cc1ccccc1OC(F)(F)F. The smallest absolute Gasteiger partial charge is 0.405 e. The number of benzene rings is 1. The van der Waals surface area contributed by atoms with Crippen LogP contribution in [-0.2, 0) is 6.54 Å². The fraction of sp³-hybridized carbons (Fsp3) is 0.571. The number of ether oxygens (including phenoxy) is 1. The fourth-order valence-corrected chi connectivity index (χ4v) is 2.61. The van der Waals surface area contributed by atoms with Crippen molar-refractivity contribution in [1.82, 2.24) is 4.90 Å². The van der Waals surface area contributed by atoms with Crippen LogP contribution in [0.1, 0.15) is 24.8 Å². The molecule has 1 aromatic rings. The Morgan fingerprint density at radius 2 is 2.00 bits per heavy atom. The summed E-state index contributed by atoms with van der Waals surface area (Å²) < 4.78 is 41.2. The molecule has 2 N–H and O–H groups in total. The normalized spacial score (nSPS) is 20.9. The molecule has 0 aromatic heterocycles. The third-order valence-corrected chi connectivity index (χ3v) is 3.59. The minimum atomic E-state index is -4.66. The summed E-state index contributed by atoms with van der Waals surface area (Å²) in [7, 11) is 0. The zero-order valence-corrected chi connectivity index (χ0v) is 11.2. The quantitative estimate of drug-likeness (QED) is 0.926. The van der Waals surface area contributed by atoms with Crippen molar-refractivity contribution in [3.05, 3.63) is 29.8 Å². The maximum atomic E-state index is 12.4. The lowest BCUT2D eigenvalue weighted by Crippen LogP contribution is -2.43. The molecule has 1 saturated heterocycles. The van der Waals surface area contributed by atoms with Crippen molar-refractivity contribution in [2.24, 2.45) is 5.73 Å². The lowest BCUT2D eigenvalue weighted by atomic mass is 10.0. The van der Waals surface area contributed by atoms with E-state index in [0.717, 1.165) is 25.8 Å². The summed E-state index contributed by atoms with van der Waals surface area (Å²) in [6.45, 7) is 1.83. The lowest BCUT2D eigenvalue weighted by Gasteiger charge is -2.35. The number of nitrogens with two attached hydrogens (primary N) is 1. The van der Waals surface area contributed by atoms with Crippen molar-refractivity contribution in [2.45, 2.75) is 38.2 Å². The molecule has 6 heteroatoms. The summed E-state index contributed by atoms with van der Waals surface area (Å²) in [6.07, 6.45) is -1.48. The molecule has 1 aromatic carbocycles. The Bertz CT molecular complexity index is 437. The molecule has 1 heterocycles. The Labute approximate surface area is 116 Å². The van der Waals surface area contributed by atoms with Gasteiger partial charge >= 0.3 is 6.36 Å². The molecule has 1 atom stereocenters. The van der Waals surface area contributed by atoms with Crippen LogP contribution in [-0.4, -0.2) is 30.4 Å². The fourth-order valence-electron chi connectivity index (χ4n) is 2.61. The summed E-state index contributed by atoms with van der Waals surface area (Å²) in [5.41, 5.74) is 6.28. The first-order valence-corrected chi connectivity index (χ1v) is 6.77. The van der Waals surface area contributed by atoms with E-state index in [4.69, 9.17) is 5.73 Å². The second-order valence-electron chi connectivity index (χ2n) is 5.01. The third-order valence-electron chi connectivity index (χ3n) is 3.59.